The van der Waals surface area contributed by atoms with E-state index in [0.29, 0.717) is 12.0 Å². The van der Waals surface area contributed by atoms with Crippen molar-refractivity contribution < 1.29 is 4.74 Å². The molecule has 0 bridgehead atoms. The zero-order valence-corrected chi connectivity index (χ0v) is 15.1. The van der Waals surface area contributed by atoms with Crippen LogP contribution < -0.4 is 15.8 Å². The van der Waals surface area contributed by atoms with Crippen LogP contribution in [0.3, 0.4) is 0 Å². The molecule has 1 heterocycles. The third kappa shape index (κ3) is 6.04. The quantitative estimate of drug-likeness (QED) is 0.538. The number of nitrogens with one attached hydrogen (secondary N) is 1. The third-order valence-corrected chi connectivity index (χ3v) is 4.47. The smallest absolute Gasteiger partial charge is 0.188 e. The van der Waals surface area contributed by atoms with Crippen LogP contribution in [0.15, 0.2) is 29.3 Å². The molecule has 2 rings (SSSR count). The van der Waals surface area contributed by atoms with E-state index in [-0.39, 0.29) is 0 Å². The second-order valence-electron chi connectivity index (χ2n) is 6.32. The van der Waals surface area contributed by atoms with Gasteiger partial charge in [-0.05, 0) is 56.5 Å². The van der Waals surface area contributed by atoms with Gasteiger partial charge in [-0.1, -0.05) is 26.0 Å². The molecule has 1 atom stereocenters. The molecule has 0 aliphatic carbocycles. The molecule has 1 aromatic rings. The molecule has 1 saturated heterocycles. The first-order valence-electron chi connectivity index (χ1n) is 9.22. The fourth-order valence-corrected chi connectivity index (χ4v) is 3.12. The molecule has 1 aliphatic heterocycles. The topological polar surface area (TPSA) is 62.9 Å². The molecular formula is C19H32N4O. The molecule has 0 spiro atoms. The van der Waals surface area contributed by atoms with E-state index in [9.17, 15) is 0 Å². The molecule has 3 N–H and O–H groups in total. The number of rotatable bonds is 9. The molecule has 1 fully saturated rings. The van der Waals surface area contributed by atoms with Gasteiger partial charge in [-0.2, -0.15) is 0 Å². The molecule has 5 heteroatoms. The van der Waals surface area contributed by atoms with Crippen LogP contribution in [0.5, 0.6) is 5.75 Å². The van der Waals surface area contributed by atoms with Gasteiger partial charge in [-0.25, -0.2) is 0 Å². The summed E-state index contributed by atoms with van der Waals surface area (Å²) in [6, 6.07) is 8.82. The Morgan fingerprint density at radius 3 is 3.08 bits per heavy atom. The van der Waals surface area contributed by atoms with Gasteiger partial charge < -0.3 is 15.8 Å². The Morgan fingerprint density at radius 1 is 1.42 bits per heavy atom. The SMILES string of the molecule is CCCOc1cccc(CCNC(N)=NCC2CCCN2CC)c1. The van der Waals surface area contributed by atoms with Crippen LogP contribution in [0.4, 0.5) is 0 Å². The lowest BCUT2D eigenvalue weighted by Crippen LogP contribution is -2.36. The monoisotopic (exact) mass is 332 g/mol. The minimum Gasteiger partial charge on any atom is -0.494 e. The molecule has 1 aromatic carbocycles. The molecule has 134 valence electrons. The van der Waals surface area contributed by atoms with Gasteiger partial charge >= 0.3 is 0 Å². The van der Waals surface area contributed by atoms with Crippen LogP contribution in [0.2, 0.25) is 0 Å². The Bertz CT molecular complexity index is 518. The van der Waals surface area contributed by atoms with E-state index in [1.165, 1.54) is 24.9 Å². The average molecular weight is 332 g/mol. The van der Waals surface area contributed by atoms with Gasteiger partial charge in [0.05, 0.1) is 13.2 Å². The second-order valence-corrected chi connectivity index (χ2v) is 6.32. The molecule has 24 heavy (non-hydrogen) atoms. The van der Waals surface area contributed by atoms with E-state index in [0.717, 1.165) is 44.8 Å². The summed E-state index contributed by atoms with van der Waals surface area (Å²) >= 11 is 0. The van der Waals surface area contributed by atoms with Crippen LogP contribution in [-0.2, 0) is 6.42 Å². The molecular weight excluding hydrogens is 300 g/mol. The van der Waals surface area contributed by atoms with E-state index in [2.05, 4.69) is 41.2 Å². The van der Waals surface area contributed by atoms with E-state index in [1.54, 1.807) is 0 Å². The van der Waals surface area contributed by atoms with E-state index in [1.807, 2.05) is 12.1 Å². The van der Waals surface area contributed by atoms with Gasteiger partial charge in [0, 0.05) is 12.6 Å². The highest BCUT2D eigenvalue weighted by atomic mass is 16.5. The first kappa shape index (κ1) is 18.6. The lowest BCUT2D eigenvalue weighted by molar-refractivity contribution is 0.273. The van der Waals surface area contributed by atoms with Crippen LogP contribution in [0.25, 0.3) is 0 Å². The van der Waals surface area contributed by atoms with Crippen molar-refractivity contribution >= 4 is 5.96 Å². The standard InChI is InChI=1S/C19H32N4O/c1-3-13-24-18-9-5-7-16(14-18)10-11-21-19(20)22-15-17-8-6-12-23(17)4-2/h5,7,9,14,17H,3-4,6,8,10-13,15H2,1-2H3,(H3,20,21,22). The van der Waals surface area contributed by atoms with Crippen molar-refractivity contribution in [1.82, 2.24) is 10.2 Å². The number of nitrogens with two attached hydrogens (primary N) is 1. The first-order chi connectivity index (χ1) is 11.7. The van der Waals surface area contributed by atoms with Crippen molar-refractivity contribution in [3.8, 4) is 5.75 Å². The number of likely N-dealkylation sites (tertiary alicyclic amines) is 1. The zero-order valence-electron chi connectivity index (χ0n) is 15.1. The highest BCUT2D eigenvalue weighted by molar-refractivity contribution is 5.77. The van der Waals surface area contributed by atoms with Gasteiger partial charge in [0.15, 0.2) is 5.96 Å². The summed E-state index contributed by atoms with van der Waals surface area (Å²) in [6.07, 6.45) is 4.44. The van der Waals surface area contributed by atoms with Crippen molar-refractivity contribution in [2.75, 3.05) is 32.8 Å². The van der Waals surface area contributed by atoms with Crippen LogP contribution in [0, 0.1) is 0 Å². The summed E-state index contributed by atoms with van der Waals surface area (Å²) in [5.74, 6) is 1.49. The van der Waals surface area contributed by atoms with Crippen molar-refractivity contribution in [2.45, 2.75) is 45.6 Å². The van der Waals surface area contributed by atoms with E-state index < -0.39 is 0 Å². The lowest BCUT2D eigenvalue weighted by Gasteiger charge is -2.20. The second kappa shape index (κ2) is 10.2. The summed E-state index contributed by atoms with van der Waals surface area (Å²) in [5.41, 5.74) is 7.24. The maximum absolute atomic E-state index is 5.99. The fraction of sp³-hybridized carbons (Fsp3) is 0.632. The van der Waals surface area contributed by atoms with Crippen LogP contribution >= 0.6 is 0 Å². The van der Waals surface area contributed by atoms with Crippen molar-refractivity contribution in [1.29, 1.82) is 0 Å². The Hall–Kier alpha value is -1.75. The average Bonchev–Trinajstić information content (AvgIpc) is 3.06. The summed E-state index contributed by atoms with van der Waals surface area (Å²) in [5, 5.41) is 3.22. The molecule has 1 unspecified atom stereocenters. The van der Waals surface area contributed by atoms with E-state index >= 15 is 0 Å². The number of ether oxygens (including phenoxy) is 1. The predicted molar refractivity (Wildman–Crippen MR) is 101 cm³/mol. The van der Waals surface area contributed by atoms with Crippen molar-refractivity contribution in [2.24, 2.45) is 10.7 Å². The van der Waals surface area contributed by atoms with Crippen LogP contribution in [-0.4, -0.2) is 49.7 Å². The lowest BCUT2D eigenvalue weighted by atomic mass is 10.1. The minimum atomic E-state index is 0.552. The number of nitrogens with zero attached hydrogens (tertiary/aromatic N) is 2. The number of hydrogen-bond donors (Lipinski definition) is 2. The van der Waals surface area contributed by atoms with Gasteiger partial charge in [-0.15, -0.1) is 0 Å². The highest BCUT2D eigenvalue weighted by Gasteiger charge is 2.22. The maximum Gasteiger partial charge on any atom is 0.188 e. The normalized spacial score (nSPS) is 18.8. The van der Waals surface area contributed by atoms with Crippen molar-refractivity contribution in [3.63, 3.8) is 0 Å². The summed E-state index contributed by atoms with van der Waals surface area (Å²) in [4.78, 5) is 7.00. The van der Waals surface area contributed by atoms with Gasteiger partial charge in [0.1, 0.15) is 5.75 Å². The molecule has 1 aliphatic rings. The summed E-state index contributed by atoms with van der Waals surface area (Å²) < 4.78 is 5.67. The Kier molecular flexibility index (Phi) is 7.89. The fourth-order valence-electron chi connectivity index (χ4n) is 3.12. The molecule has 0 radical (unpaired) electrons. The minimum absolute atomic E-state index is 0.552. The van der Waals surface area contributed by atoms with Gasteiger partial charge in [0.25, 0.3) is 0 Å². The molecule has 0 aromatic heterocycles. The Labute approximate surface area is 146 Å². The first-order valence-corrected chi connectivity index (χ1v) is 9.22. The van der Waals surface area contributed by atoms with Crippen LogP contribution in [0.1, 0.15) is 38.7 Å². The van der Waals surface area contributed by atoms with E-state index in [4.69, 9.17) is 10.5 Å². The number of benzene rings is 1. The Balaban J connectivity index is 1.72. The third-order valence-electron chi connectivity index (χ3n) is 4.47. The summed E-state index contributed by atoms with van der Waals surface area (Å²) in [6.45, 7) is 8.96. The highest BCUT2D eigenvalue weighted by Crippen LogP contribution is 2.16. The summed E-state index contributed by atoms with van der Waals surface area (Å²) in [7, 11) is 0. The zero-order chi connectivity index (χ0) is 17.2. The number of guanidine groups is 1. The predicted octanol–water partition coefficient (Wildman–Crippen LogP) is 2.41. The Morgan fingerprint density at radius 2 is 2.29 bits per heavy atom. The van der Waals surface area contributed by atoms with Gasteiger partial charge in [-0.3, -0.25) is 9.89 Å². The van der Waals surface area contributed by atoms with Gasteiger partial charge in [0.2, 0.25) is 0 Å². The molecule has 0 amide bonds. The maximum atomic E-state index is 5.99. The molecule has 5 nitrogen and oxygen atoms in total. The van der Waals surface area contributed by atoms with Crippen molar-refractivity contribution in [3.05, 3.63) is 29.8 Å². The number of aliphatic imine (C=N–C) groups is 1. The largest absolute Gasteiger partial charge is 0.494 e. The number of hydrogen-bond acceptors (Lipinski definition) is 3. The number of likely N-dealkylation sites (N-methyl/N-ethyl adjacent to an activating group) is 1. The molecule has 0 saturated carbocycles.